The number of carbonyl (C=O) groups is 1. The van der Waals surface area contributed by atoms with Gasteiger partial charge in [-0.25, -0.2) is 4.39 Å². The number of hydrogen-bond donors (Lipinski definition) is 0. The Balaban J connectivity index is 2.13. The minimum absolute atomic E-state index is 0.0873. The predicted octanol–water partition coefficient (Wildman–Crippen LogP) is 4.02. The number of nitrogens with zero attached hydrogens (tertiary/aromatic N) is 1. The van der Waals surface area contributed by atoms with E-state index < -0.39 is 0 Å². The Morgan fingerprint density at radius 3 is 2.63 bits per heavy atom. The molecule has 0 radical (unpaired) electrons. The molecule has 0 bridgehead atoms. The second kappa shape index (κ2) is 5.49. The van der Waals surface area contributed by atoms with E-state index in [-0.39, 0.29) is 23.7 Å². The third-order valence-electron chi connectivity index (χ3n) is 4.03. The fraction of sp³-hybridized carbons (Fsp3) is 0.533. The van der Waals surface area contributed by atoms with Gasteiger partial charge < -0.3 is 4.90 Å². The number of hydrogen-bond acceptors (Lipinski definition) is 1. The van der Waals surface area contributed by atoms with Gasteiger partial charge in [-0.05, 0) is 25.0 Å². The van der Waals surface area contributed by atoms with Crippen LogP contribution in [-0.4, -0.2) is 17.9 Å². The molecule has 1 aromatic rings. The molecule has 1 saturated carbocycles. The van der Waals surface area contributed by atoms with Gasteiger partial charge in [-0.15, -0.1) is 0 Å². The summed E-state index contributed by atoms with van der Waals surface area (Å²) in [4.78, 5) is 14.0. The normalized spacial score (nSPS) is 17.5. The highest BCUT2D eigenvalue weighted by atomic mass is 35.5. The second-order valence-electron chi connectivity index (χ2n) is 5.63. The summed E-state index contributed by atoms with van der Waals surface area (Å²) in [5, 5.41) is 0.372. The van der Waals surface area contributed by atoms with Crippen LogP contribution in [-0.2, 0) is 11.3 Å². The van der Waals surface area contributed by atoms with Crippen molar-refractivity contribution >= 4 is 17.5 Å². The van der Waals surface area contributed by atoms with E-state index in [4.69, 9.17) is 11.6 Å². The Labute approximate surface area is 118 Å². The summed E-state index contributed by atoms with van der Waals surface area (Å²) in [6.45, 7) is 2.22. The lowest BCUT2D eigenvalue weighted by Gasteiger charge is -2.29. The number of halogens is 2. The molecule has 0 saturated heterocycles. The van der Waals surface area contributed by atoms with Crippen LogP contribution >= 0.6 is 11.6 Å². The molecule has 1 amide bonds. The molecule has 19 heavy (non-hydrogen) atoms. The van der Waals surface area contributed by atoms with Crippen molar-refractivity contribution in [1.29, 1.82) is 0 Å². The van der Waals surface area contributed by atoms with Crippen LogP contribution in [0.1, 0.15) is 38.2 Å². The first-order chi connectivity index (χ1) is 8.94. The summed E-state index contributed by atoms with van der Waals surface area (Å²) in [6.07, 6.45) is 4.02. The number of benzene rings is 1. The summed E-state index contributed by atoms with van der Waals surface area (Å²) in [5.41, 5.74) is 0.105. The minimum atomic E-state index is -0.358. The van der Waals surface area contributed by atoms with E-state index in [9.17, 15) is 9.18 Å². The summed E-state index contributed by atoms with van der Waals surface area (Å²) in [7, 11) is 1.72. The van der Waals surface area contributed by atoms with Gasteiger partial charge in [0.05, 0.1) is 0 Å². The van der Waals surface area contributed by atoms with Crippen LogP contribution < -0.4 is 0 Å². The molecule has 1 fully saturated rings. The number of rotatable bonds is 3. The zero-order valence-electron chi connectivity index (χ0n) is 11.4. The molecular weight excluding hydrogens is 265 g/mol. The molecule has 0 N–H and O–H groups in total. The lowest BCUT2D eigenvalue weighted by molar-refractivity contribution is -0.140. The molecule has 0 spiro atoms. The van der Waals surface area contributed by atoms with E-state index in [2.05, 4.69) is 0 Å². The van der Waals surface area contributed by atoms with Crippen molar-refractivity contribution in [3.63, 3.8) is 0 Å². The van der Waals surface area contributed by atoms with Gasteiger partial charge in [-0.2, -0.15) is 0 Å². The summed E-state index contributed by atoms with van der Waals surface area (Å²) < 4.78 is 13.7. The van der Waals surface area contributed by atoms with Crippen molar-refractivity contribution in [2.45, 2.75) is 39.2 Å². The molecule has 2 rings (SSSR count). The molecule has 1 aliphatic rings. The van der Waals surface area contributed by atoms with Crippen LogP contribution in [0, 0.1) is 11.2 Å². The molecule has 0 atom stereocenters. The van der Waals surface area contributed by atoms with E-state index in [0.29, 0.717) is 10.6 Å². The SMILES string of the molecule is CN(Cc1c(F)cccc1Cl)C(=O)C1(C)CCCC1. The first-order valence-corrected chi connectivity index (χ1v) is 7.00. The van der Waals surface area contributed by atoms with Crippen LogP contribution in [0.5, 0.6) is 0 Å². The average Bonchev–Trinajstić information content (AvgIpc) is 2.81. The van der Waals surface area contributed by atoms with Gasteiger partial charge >= 0.3 is 0 Å². The highest BCUT2D eigenvalue weighted by Crippen LogP contribution is 2.39. The fourth-order valence-electron chi connectivity index (χ4n) is 2.82. The Morgan fingerprint density at radius 1 is 1.42 bits per heavy atom. The molecule has 4 heteroatoms. The third-order valence-corrected chi connectivity index (χ3v) is 4.38. The summed E-state index contributed by atoms with van der Waals surface area (Å²) >= 11 is 5.99. The van der Waals surface area contributed by atoms with Gasteiger partial charge in [0, 0.05) is 29.6 Å². The Kier molecular flexibility index (Phi) is 4.14. The summed E-state index contributed by atoms with van der Waals surface area (Å²) in [6, 6.07) is 4.59. The van der Waals surface area contributed by atoms with E-state index in [1.807, 2.05) is 6.92 Å². The topological polar surface area (TPSA) is 20.3 Å². The largest absolute Gasteiger partial charge is 0.341 e. The van der Waals surface area contributed by atoms with Crippen LogP contribution in [0.15, 0.2) is 18.2 Å². The van der Waals surface area contributed by atoms with Crippen LogP contribution in [0.25, 0.3) is 0 Å². The van der Waals surface area contributed by atoms with E-state index in [1.54, 1.807) is 24.1 Å². The Morgan fingerprint density at radius 2 is 2.05 bits per heavy atom. The van der Waals surface area contributed by atoms with E-state index in [1.165, 1.54) is 6.07 Å². The average molecular weight is 284 g/mol. The maximum atomic E-state index is 13.7. The van der Waals surface area contributed by atoms with Crippen molar-refractivity contribution in [3.8, 4) is 0 Å². The maximum absolute atomic E-state index is 13.7. The number of carbonyl (C=O) groups excluding carboxylic acids is 1. The molecule has 104 valence electrons. The molecular formula is C15H19ClFNO. The zero-order valence-corrected chi connectivity index (χ0v) is 12.1. The quantitative estimate of drug-likeness (QED) is 0.820. The lowest BCUT2D eigenvalue weighted by Crippen LogP contribution is -2.38. The number of amides is 1. The van der Waals surface area contributed by atoms with Crippen molar-refractivity contribution in [2.24, 2.45) is 5.41 Å². The van der Waals surface area contributed by atoms with Crippen molar-refractivity contribution in [1.82, 2.24) is 4.90 Å². The van der Waals surface area contributed by atoms with Crippen molar-refractivity contribution < 1.29 is 9.18 Å². The second-order valence-corrected chi connectivity index (χ2v) is 6.04. The molecule has 0 unspecified atom stereocenters. The van der Waals surface area contributed by atoms with Gasteiger partial charge in [0.15, 0.2) is 0 Å². The smallest absolute Gasteiger partial charge is 0.228 e. The van der Waals surface area contributed by atoms with Crippen LogP contribution in [0.3, 0.4) is 0 Å². The lowest BCUT2D eigenvalue weighted by atomic mass is 9.87. The molecule has 0 aliphatic heterocycles. The van der Waals surface area contributed by atoms with Gasteiger partial charge in [-0.3, -0.25) is 4.79 Å². The standard InChI is InChI=1S/C15H19ClFNO/c1-15(8-3-4-9-15)14(19)18(2)10-11-12(16)6-5-7-13(11)17/h5-7H,3-4,8-10H2,1-2H3. The van der Waals surface area contributed by atoms with Gasteiger partial charge in [0.2, 0.25) is 5.91 Å². The monoisotopic (exact) mass is 283 g/mol. The van der Waals surface area contributed by atoms with Gasteiger partial charge in [0.1, 0.15) is 5.82 Å². The molecule has 1 aliphatic carbocycles. The Bertz CT molecular complexity index is 463. The summed E-state index contributed by atoms with van der Waals surface area (Å²) in [5.74, 6) is -0.270. The predicted molar refractivity (Wildman–Crippen MR) is 74.5 cm³/mol. The fourth-order valence-corrected chi connectivity index (χ4v) is 3.05. The van der Waals surface area contributed by atoms with Crippen molar-refractivity contribution in [3.05, 3.63) is 34.6 Å². The van der Waals surface area contributed by atoms with Crippen LogP contribution in [0.4, 0.5) is 4.39 Å². The molecule has 0 heterocycles. The first kappa shape index (κ1) is 14.3. The highest BCUT2D eigenvalue weighted by molar-refractivity contribution is 6.31. The first-order valence-electron chi connectivity index (χ1n) is 6.62. The molecule has 0 aromatic heterocycles. The molecule has 1 aromatic carbocycles. The zero-order chi connectivity index (χ0) is 14.0. The maximum Gasteiger partial charge on any atom is 0.228 e. The minimum Gasteiger partial charge on any atom is -0.341 e. The van der Waals surface area contributed by atoms with E-state index >= 15 is 0 Å². The third kappa shape index (κ3) is 2.92. The molecule has 2 nitrogen and oxygen atoms in total. The van der Waals surface area contributed by atoms with E-state index in [0.717, 1.165) is 25.7 Å². The van der Waals surface area contributed by atoms with Gasteiger partial charge in [0.25, 0.3) is 0 Å². The van der Waals surface area contributed by atoms with Crippen LogP contribution in [0.2, 0.25) is 5.02 Å². The van der Waals surface area contributed by atoms with Gasteiger partial charge in [-0.1, -0.05) is 37.4 Å². The Hall–Kier alpha value is -1.09. The highest BCUT2D eigenvalue weighted by Gasteiger charge is 2.38. The van der Waals surface area contributed by atoms with Crippen molar-refractivity contribution in [2.75, 3.05) is 7.05 Å².